The fraction of sp³-hybridized carbons (Fsp3) is 0.833. The van der Waals surface area contributed by atoms with Gasteiger partial charge in [0.25, 0.3) is 0 Å². The first-order valence-electron chi connectivity index (χ1n) is 12.0. The first-order chi connectivity index (χ1) is 13.4. The average molecular weight is 373 g/mol. The maximum Gasteiger partial charge on any atom is 0.214 e. The summed E-state index contributed by atoms with van der Waals surface area (Å²) in [4.78, 5) is 5.15. The molecule has 0 aliphatic carbocycles. The van der Waals surface area contributed by atoms with Crippen molar-refractivity contribution in [3.05, 3.63) is 28.0 Å². The van der Waals surface area contributed by atoms with Crippen molar-refractivity contribution in [1.29, 1.82) is 0 Å². The predicted molar refractivity (Wildman–Crippen MR) is 112 cm³/mol. The van der Waals surface area contributed by atoms with E-state index < -0.39 is 0 Å². The van der Waals surface area contributed by atoms with Crippen LogP contribution in [0.4, 0.5) is 0 Å². The second-order valence-electron chi connectivity index (χ2n) is 8.85. The maximum atomic E-state index is 13.4. The largest absolute Gasteiger partial charge is 0.618 e. The Labute approximate surface area is 166 Å². The molecule has 1 aromatic heterocycles. The Morgan fingerprint density at radius 3 is 1.11 bits per heavy atom. The topological polar surface area (TPSA) is 39.8 Å². The van der Waals surface area contributed by atoms with Crippen molar-refractivity contribution in [2.45, 2.75) is 128 Å². The lowest BCUT2D eigenvalue weighted by Gasteiger charge is -2.18. The van der Waals surface area contributed by atoms with Gasteiger partial charge in [0.2, 0.25) is 11.4 Å². The lowest BCUT2D eigenvalue weighted by molar-refractivity contribution is -0.624. The Morgan fingerprint density at radius 1 is 0.444 bits per heavy atom. The molecule has 4 aliphatic rings. The molecule has 0 N–H and O–H groups in total. The van der Waals surface area contributed by atoms with Crippen molar-refractivity contribution in [3.63, 3.8) is 0 Å². The van der Waals surface area contributed by atoms with E-state index in [0.29, 0.717) is 0 Å². The summed E-state index contributed by atoms with van der Waals surface area (Å²) in [6.07, 6.45) is 24.5. The number of hydrogen-bond donors (Lipinski definition) is 0. The van der Waals surface area contributed by atoms with Crippen LogP contribution in [0.3, 0.4) is 0 Å². The molecule has 0 unspecified atom stereocenters. The zero-order valence-electron chi connectivity index (χ0n) is 17.4. The Kier molecular flexibility index (Phi) is 8.90. The molecule has 3 heteroatoms. The van der Waals surface area contributed by atoms with Gasteiger partial charge in [-0.2, -0.15) is 4.73 Å². The van der Waals surface area contributed by atoms with E-state index in [1.54, 1.807) is 0 Å². The molecule has 3 nitrogen and oxygen atoms in total. The fourth-order valence-electron chi connectivity index (χ4n) is 4.87. The van der Waals surface area contributed by atoms with Gasteiger partial charge in [0.1, 0.15) is 11.4 Å². The summed E-state index contributed by atoms with van der Waals surface area (Å²) in [5, 5.41) is 13.4. The Hall–Kier alpha value is -1.12. The monoisotopic (exact) mass is 372 g/mol. The van der Waals surface area contributed by atoms with E-state index in [4.69, 9.17) is 4.98 Å². The van der Waals surface area contributed by atoms with E-state index in [1.807, 2.05) is 0 Å². The zero-order chi connectivity index (χ0) is 18.7. The summed E-state index contributed by atoms with van der Waals surface area (Å²) < 4.78 is 1.36. The summed E-state index contributed by atoms with van der Waals surface area (Å²) in [6, 6.07) is 0. The van der Waals surface area contributed by atoms with Crippen molar-refractivity contribution >= 4 is 0 Å². The predicted octanol–water partition coefficient (Wildman–Crippen LogP) is 6.15. The summed E-state index contributed by atoms with van der Waals surface area (Å²) in [6.45, 7) is 0. The van der Waals surface area contributed by atoms with Gasteiger partial charge in [0, 0.05) is 12.8 Å². The van der Waals surface area contributed by atoms with Crippen LogP contribution in [0.1, 0.15) is 126 Å². The summed E-state index contributed by atoms with van der Waals surface area (Å²) >= 11 is 0. The summed E-state index contributed by atoms with van der Waals surface area (Å²) in [7, 11) is 0. The van der Waals surface area contributed by atoms with Crippen LogP contribution in [0.25, 0.3) is 0 Å². The number of aryl methyl sites for hydroxylation is 2. The number of rotatable bonds is 0. The van der Waals surface area contributed by atoms with Crippen molar-refractivity contribution in [1.82, 2.24) is 4.98 Å². The standard InChI is InChI=1S/C24H40N2O/c27-26-23-19-15-11-7-3-1-5-9-13-17-21-24(26)20-16-12-8-4-2-6-10-14-18-22(23)25-21/h1-20H2. The van der Waals surface area contributed by atoms with E-state index in [2.05, 4.69) is 0 Å². The maximum absolute atomic E-state index is 13.4. The van der Waals surface area contributed by atoms with E-state index in [1.165, 1.54) is 94.6 Å². The molecule has 1 aromatic rings. The third kappa shape index (κ3) is 6.47. The van der Waals surface area contributed by atoms with E-state index in [9.17, 15) is 5.21 Å². The first-order valence-corrected chi connectivity index (χ1v) is 12.0. The second-order valence-corrected chi connectivity index (χ2v) is 8.85. The smallest absolute Gasteiger partial charge is 0.214 e. The van der Waals surface area contributed by atoms with Crippen LogP contribution in [0.15, 0.2) is 0 Å². The van der Waals surface area contributed by atoms with Gasteiger partial charge in [0.05, 0.1) is 0 Å². The minimum Gasteiger partial charge on any atom is -0.618 e. The van der Waals surface area contributed by atoms with Gasteiger partial charge in [-0.3, -0.25) is 0 Å². The highest BCUT2D eigenvalue weighted by atomic mass is 16.5. The summed E-state index contributed by atoms with van der Waals surface area (Å²) in [5.41, 5.74) is 4.31. The fourth-order valence-corrected chi connectivity index (χ4v) is 4.87. The van der Waals surface area contributed by atoms with E-state index in [-0.39, 0.29) is 0 Å². The van der Waals surface area contributed by atoms with Gasteiger partial charge in [-0.05, 0) is 38.5 Å². The second kappa shape index (κ2) is 11.7. The van der Waals surface area contributed by atoms with Crippen molar-refractivity contribution in [3.8, 4) is 0 Å². The number of fused-ring (bicyclic) bond motifs is 18. The molecule has 4 aliphatic heterocycles. The van der Waals surface area contributed by atoms with Crippen molar-refractivity contribution < 1.29 is 4.73 Å². The molecule has 5 rings (SSSR count). The quantitative estimate of drug-likeness (QED) is 0.404. The average Bonchev–Trinajstić information content (AvgIpc) is 2.67. The van der Waals surface area contributed by atoms with Crippen LogP contribution in [0, 0.1) is 5.21 Å². The van der Waals surface area contributed by atoms with Crippen LogP contribution in [-0.2, 0) is 25.7 Å². The first kappa shape index (κ1) is 20.6. The Balaban J connectivity index is 1.89. The highest BCUT2D eigenvalue weighted by molar-refractivity contribution is 5.16. The van der Waals surface area contributed by atoms with Crippen LogP contribution in [0.2, 0.25) is 0 Å². The van der Waals surface area contributed by atoms with Crippen LogP contribution in [-0.4, -0.2) is 4.98 Å². The molecule has 27 heavy (non-hydrogen) atoms. The highest BCUT2D eigenvalue weighted by Crippen LogP contribution is 2.21. The van der Waals surface area contributed by atoms with Gasteiger partial charge in [-0.1, -0.05) is 77.0 Å². The van der Waals surface area contributed by atoms with Gasteiger partial charge in [-0.25, -0.2) is 4.98 Å². The van der Waals surface area contributed by atoms with Crippen LogP contribution >= 0.6 is 0 Å². The van der Waals surface area contributed by atoms with E-state index >= 15 is 0 Å². The molecular weight excluding hydrogens is 332 g/mol. The molecule has 0 saturated heterocycles. The zero-order valence-corrected chi connectivity index (χ0v) is 17.4. The van der Waals surface area contributed by atoms with E-state index in [0.717, 1.165) is 61.3 Å². The highest BCUT2D eigenvalue weighted by Gasteiger charge is 2.23. The third-order valence-corrected chi connectivity index (χ3v) is 6.58. The molecule has 0 fully saturated rings. The van der Waals surface area contributed by atoms with Crippen LogP contribution in [0.5, 0.6) is 0 Å². The minimum absolute atomic E-state index is 0.930. The molecule has 0 amide bonds. The van der Waals surface area contributed by atoms with Crippen molar-refractivity contribution in [2.75, 3.05) is 0 Å². The molecule has 4 bridgehead atoms. The lowest BCUT2D eigenvalue weighted by atomic mass is 9.98. The lowest BCUT2D eigenvalue weighted by Crippen LogP contribution is -2.41. The Morgan fingerprint density at radius 2 is 0.741 bits per heavy atom. The molecular formula is C24H40N2O. The molecule has 0 atom stereocenters. The van der Waals surface area contributed by atoms with Gasteiger partial charge < -0.3 is 5.21 Å². The molecule has 0 spiro atoms. The molecule has 152 valence electrons. The van der Waals surface area contributed by atoms with Gasteiger partial charge in [-0.15, -0.1) is 0 Å². The molecule has 5 heterocycles. The van der Waals surface area contributed by atoms with Gasteiger partial charge >= 0.3 is 0 Å². The van der Waals surface area contributed by atoms with Gasteiger partial charge in [0.15, 0.2) is 0 Å². The number of nitrogens with zero attached hydrogens (tertiary/aromatic N) is 2. The minimum atomic E-state index is 0.930. The molecule has 0 radical (unpaired) electrons. The number of aromatic nitrogens is 2. The van der Waals surface area contributed by atoms with Crippen LogP contribution < -0.4 is 4.73 Å². The molecule has 0 saturated carbocycles. The summed E-state index contributed by atoms with van der Waals surface area (Å²) in [5.74, 6) is 0. The third-order valence-electron chi connectivity index (χ3n) is 6.58. The normalized spacial score (nSPS) is 21.5. The Bertz CT molecular complexity index is 524. The molecule has 0 aromatic carbocycles. The number of hydrogen-bond acceptors (Lipinski definition) is 2. The van der Waals surface area contributed by atoms with Crippen molar-refractivity contribution in [2.24, 2.45) is 0 Å². The SMILES string of the molecule is [O-][n+]1c2c3nc(c1CCCCCCCCCC3)CCCCCCCCCC2.